The molecule has 14 heavy (non-hydrogen) atoms. The van der Waals surface area contributed by atoms with Crippen molar-refractivity contribution in [1.82, 2.24) is 5.43 Å². The molecule has 0 fully saturated rings. The molecule has 6 heteroatoms. The average Bonchev–Trinajstić information content (AvgIpc) is 2.16. The largest absolute Gasteiger partial charge is 0.322 e. The fourth-order valence-electron chi connectivity index (χ4n) is 0.800. The van der Waals surface area contributed by atoms with E-state index in [9.17, 15) is 4.79 Å². The molecule has 0 radical (unpaired) electrons. The lowest BCUT2D eigenvalue weighted by Gasteiger charge is -2.10. The van der Waals surface area contributed by atoms with Gasteiger partial charge >= 0.3 is 0 Å². The van der Waals surface area contributed by atoms with Gasteiger partial charge in [-0.05, 0) is 12.1 Å². The predicted molar refractivity (Wildman–Crippen MR) is 57.3 cm³/mol. The lowest BCUT2D eigenvalue weighted by Crippen LogP contribution is -2.34. The van der Waals surface area contributed by atoms with E-state index < -0.39 is 0 Å². The molecule has 0 aromatic heterocycles. The van der Waals surface area contributed by atoms with Crippen molar-refractivity contribution in [2.24, 2.45) is 5.73 Å². The van der Waals surface area contributed by atoms with E-state index >= 15 is 0 Å². The maximum absolute atomic E-state index is 10.8. The third kappa shape index (κ3) is 2.77. The number of hydrazine groups is 1. The van der Waals surface area contributed by atoms with Gasteiger partial charge in [-0.3, -0.25) is 15.6 Å². The summed E-state index contributed by atoms with van der Waals surface area (Å²) < 4.78 is 0. The van der Waals surface area contributed by atoms with E-state index in [2.05, 4.69) is 10.9 Å². The van der Waals surface area contributed by atoms with E-state index in [0.29, 0.717) is 15.7 Å². The highest BCUT2D eigenvalue weighted by atomic mass is 35.5. The molecular formula is C8H9Cl2N3O. The van der Waals surface area contributed by atoms with E-state index in [4.69, 9.17) is 28.9 Å². The van der Waals surface area contributed by atoms with E-state index in [-0.39, 0.29) is 12.5 Å². The fraction of sp³-hybridized carbons (Fsp3) is 0.125. The molecule has 0 spiro atoms. The Hall–Kier alpha value is -0.970. The second-order valence-corrected chi connectivity index (χ2v) is 3.29. The normalized spacial score (nSPS) is 9.64. The van der Waals surface area contributed by atoms with Gasteiger partial charge in [0.1, 0.15) is 0 Å². The van der Waals surface area contributed by atoms with Crippen LogP contribution < -0.4 is 16.6 Å². The molecule has 1 aromatic carbocycles. The second kappa shape index (κ2) is 5.05. The van der Waals surface area contributed by atoms with Gasteiger partial charge in [-0.2, -0.15) is 0 Å². The van der Waals surface area contributed by atoms with Crippen molar-refractivity contribution in [3.8, 4) is 0 Å². The fourth-order valence-corrected chi connectivity index (χ4v) is 1.29. The molecule has 0 aliphatic rings. The van der Waals surface area contributed by atoms with Crippen molar-refractivity contribution in [1.29, 1.82) is 0 Å². The second-order valence-electron chi connectivity index (χ2n) is 2.47. The molecule has 0 aliphatic heterocycles. The van der Waals surface area contributed by atoms with E-state index in [1.165, 1.54) is 0 Å². The highest BCUT2D eigenvalue weighted by Gasteiger charge is 2.05. The molecular weight excluding hydrogens is 225 g/mol. The van der Waals surface area contributed by atoms with Crippen LogP contribution in [0.3, 0.4) is 0 Å². The van der Waals surface area contributed by atoms with Crippen molar-refractivity contribution in [3.63, 3.8) is 0 Å². The number of para-hydroxylation sites is 1. The van der Waals surface area contributed by atoms with Crippen LogP contribution in [0, 0.1) is 0 Å². The minimum absolute atomic E-state index is 0.102. The van der Waals surface area contributed by atoms with Gasteiger partial charge in [0.15, 0.2) is 0 Å². The van der Waals surface area contributed by atoms with Crippen LogP contribution in [0.25, 0.3) is 0 Å². The van der Waals surface area contributed by atoms with Crippen LogP contribution in [-0.4, -0.2) is 12.5 Å². The van der Waals surface area contributed by atoms with Gasteiger partial charge in [0.05, 0.1) is 22.3 Å². The zero-order valence-corrected chi connectivity index (χ0v) is 8.69. The number of rotatable bonds is 3. The van der Waals surface area contributed by atoms with Crippen molar-refractivity contribution in [2.75, 3.05) is 12.0 Å². The lowest BCUT2D eigenvalue weighted by atomic mass is 10.3. The maximum atomic E-state index is 10.8. The van der Waals surface area contributed by atoms with Gasteiger partial charge in [0.2, 0.25) is 0 Å². The topological polar surface area (TPSA) is 67.2 Å². The third-order valence-electron chi connectivity index (χ3n) is 1.48. The minimum atomic E-state index is -0.346. The number of benzene rings is 1. The zero-order chi connectivity index (χ0) is 10.6. The first-order valence-electron chi connectivity index (χ1n) is 3.84. The number of nitrogens with one attached hydrogen (secondary N) is 2. The highest BCUT2D eigenvalue weighted by molar-refractivity contribution is 6.39. The summed E-state index contributed by atoms with van der Waals surface area (Å²) in [6.07, 6.45) is 0. The number of halogens is 2. The lowest BCUT2D eigenvalue weighted by molar-refractivity contribution is -0.119. The zero-order valence-electron chi connectivity index (χ0n) is 7.18. The molecule has 0 bridgehead atoms. The highest BCUT2D eigenvalue weighted by Crippen LogP contribution is 2.28. The number of carbonyl (C=O) groups excluding carboxylic acids is 1. The molecule has 0 heterocycles. The van der Waals surface area contributed by atoms with Crippen LogP contribution in [0.2, 0.25) is 10.0 Å². The van der Waals surface area contributed by atoms with Crippen LogP contribution >= 0.6 is 23.2 Å². The Morgan fingerprint density at radius 1 is 1.36 bits per heavy atom. The quantitative estimate of drug-likeness (QED) is 0.692. The summed E-state index contributed by atoms with van der Waals surface area (Å²) in [6, 6.07) is 5.02. The van der Waals surface area contributed by atoms with Crippen molar-refractivity contribution in [3.05, 3.63) is 28.2 Å². The van der Waals surface area contributed by atoms with Gasteiger partial charge in [-0.15, -0.1) is 0 Å². The molecule has 0 saturated carbocycles. The molecule has 4 N–H and O–H groups in total. The molecule has 0 aliphatic carbocycles. The molecule has 1 rings (SSSR count). The Bertz CT molecular complexity index is 323. The third-order valence-corrected chi connectivity index (χ3v) is 2.11. The van der Waals surface area contributed by atoms with Gasteiger partial charge in [-0.25, -0.2) is 0 Å². The van der Waals surface area contributed by atoms with Crippen molar-refractivity contribution >= 4 is 34.8 Å². The summed E-state index contributed by atoms with van der Waals surface area (Å²) in [4.78, 5) is 10.8. The number of amides is 1. The van der Waals surface area contributed by atoms with Crippen LogP contribution in [0.15, 0.2) is 18.2 Å². The van der Waals surface area contributed by atoms with E-state index in [1.54, 1.807) is 18.2 Å². The molecule has 0 unspecified atom stereocenters. The Morgan fingerprint density at radius 2 is 1.93 bits per heavy atom. The summed E-state index contributed by atoms with van der Waals surface area (Å²) >= 11 is 11.7. The van der Waals surface area contributed by atoms with Gasteiger partial charge in [0.25, 0.3) is 5.91 Å². The first-order chi connectivity index (χ1) is 6.65. The first kappa shape index (κ1) is 11.1. The summed E-state index contributed by atoms with van der Waals surface area (Å²) in [7, 11) is 0. The summed E-state index contributed by atoms with van der Waals surface area (Å²) in [5.74, 6) is -0.346. The first-order valence-corrected chi connectivity index (χ1v) is 4.59. The van der Waals surface area contributed by atoms with E-state index in [0.717, 1.165) is 0 Å². The molecule has 0 atom stereocenters. The SMILES string of the molecule is NCC(=O)NNc1c(Cl)cccc1Cl. The van der Waals surface area contributed by atoms with E-state index in [1.807, 2.05) is 0 Å². The Morgan fingerprint density at radius 3 is 2.43 bits per heavy atom. The molecule has 0 saturated heterocycles. The summed E-state index contributed by atoms with van der Waals surface area (Å²) in [5, 5.41) is 0.852. The molecule has 1 amide bonds. The Kier molecular flexibility index (Phi) is 4.00. The predicted octanol–water partition coefficient (Wildman–Crippen LogP) is 1.40. The standard InChI is InChI=1S/C8H9Cl2N3O/c9-5-2-1-3-6(10)8(5)13-12-7(14)4-11/h1-3,13H,4,11H2,(H,12,14). The maximum Gasteiger partial charge on any atom is 0.252 e. The Balaban J connectivity index is 2.71. The van der Waals surface area contributed by atoms with Gasteiger partial charge in [-0.1, -0.05) is 29.3 Å². The van der Waals surface area contributed by atoms with Crippen LogP contribution in [0.1, 0.15) is 0 Å². The smallest absolute Gasteiger partial charge is 0.252 e. The number of hydrogen-bond acceptors (Lipinski definition) is 3. The number of nitrogens with two attached hydrogens (primary N) is 1. The molecule has 4 nitrogen and oxygen atoms in total. The van der Waals surface area contributed by atoms with Crippen LogP contribution in [0.4, 0.5) is 5.69 Å². The number of hydrogen-bond donors (Lipinski definition) is 3. The summed E-state index contributed by atoms with van der Waals surface area (Å²) in [5.41, 5.74) is 10.5. The van der Waals surface area contributed by atoms with Crippen molar-refractivity contribution < 1.29 is 4.79 Å². The van der Waals surface area contributed by atoms with Crippen molar-refractivity contribution in [2.45, 2.75) is 0 Å². The monoisotopic (exact) mass is 233 g/mol. The number of carbonyl (C=O) groups is 1. The molecule has 1 aromatic rings. The molecule has 76 valence electrons. The van der Waals surface area contributed by atoms with Gasteiger partial charge in [0, 0.05) is 0 Å². The minimum Gasteiger partial charge on any atom is -0.322 e. The Labute approximate surface area is 91.3 Å². The van der Waals surface area contributed by atoms with Crippen LogP contribution in [-0.2, 0) is 4.79 Å². The van der Waals surface area contributed by atoms with Crippen LogP contribution in [0.5, 0.6) is 0 Å². The average molecular weight is 234 g/mol. The summed E-state index contributed by atoms with van der Waals surface area (Å²) in [6.45, 7) is -0.102. The number of anilines is 1. The van der Waals surface area contributed by atoms with Gasteiger partial charge < -0.3 is 5.73 Å².